The van der Waals surface area contributed by atoms with Crippen molar-refractivity contribution in [2.24, 2.45) is 0 Å². The van der Waals surface area contributed by atoms with Crippen LogP contribution in [0.4, 0.5) is 5.95 Å². The van der Waals surface area contributed by atoms with E-state index in [1.807, 2.05) is 4.90 Å². The Morgan fingerprint density at radius 3 is 2.65 bits per heavy atom. The zero-order valence-electron chi connectivity index (χ0n) is 14.2. The molecule has 2 aromatic heterocycles. The molecule has 2 aromatic rings. The van der Waals surface area contributed by atoms with Gasteiger partial charge in [-0.2, -0.15) is 4.98 Å². The lowest BCUT2D eigenvalue weighted by atomic mass is 10.1. The summed E-state index contributed by atoms with van der Waals surface area (Å²) in [6.07, 6.45) is 5.60. The average molecular weight is 376 g/mol. The molecular formula is C16H20N6O3S. The molecule has 5 rings (SSSR count). The number of fused-ring (bicyclic) bond motifs is 1. The van der Waals surface area contributed by atoms with Crippen LogP contribution in [-0.2, 0) is 16.4 Å². The number of piperazine rings is 1. The lowest BCUT2D eigenvalue weighted by Gasteiger charge is -2.43. The van der Waals surface area contributed by atoms with E-state index in [-0.39, 0.29) is 23.6 Å². The van der Waals surface area contributed by atoms with E-state index < -0.39 is 9.84 Å². The van der Waals surface area contributed by atoms with Crippen molar-refractivity contribution in [1.29, 1.82) is 0 Å². The molecule has 0 spiro atoms. The lowest BCUT2D eigenvalue weighted by Crippen LogP contribution is -2.59. The van der Waals surface area contributed by atoms with Crippen LogP contribution in [0.3, 0.4) is 0 Å². The monoisotopic (exact) mass is 376 g/mol. The zero-order valence-corrected chi connectivity index (χ0v) is 15.0. The summed E-state index contributed by atoms with van der Waals surface area (Å²) < 4.78 is 30.0. The van der Waals surface area contributed by atoms with Crippen LogP contribution in [0.25, 0.3) is 0 Å². The largest absolute Gasteiger partial charge is 0.339 e. The second kappa shape index (κ2) is 5.98. The van der Waals surface area contributed by atoms with Gasteiger partial charge in [-0.3, -0.25) is 4.90 Å². The summed E-state index contributed by atoms with van der Waals surface area (Å²) in [5.74, 6) is 2.64. The Morgan fingerprint density at radius 2 is 1.88 bits per heavy atom. The third-order valence-electron chi connectivity index (χ3n) is 5.35. The minimum Gasteiger partial charge on any atom is -0.339 e. The van der Waals surface area contributed by atoms with E-state index in [4.69, 9.17) is 4.52 Å². The van der Waals surface area contributed by atoms with Crippen LogP contribution in [0.2, 0.25) is 0 Å². The highest BCUT2D eigenvalue weighted by atomic mass is 32.2. The van der Waals surface area contributed by atoms with Gasteiger partial charge in [0.2, 0.25) is 11.8 Å². The summed E-state index contributed by atoms with van der Waals surface area (Å²) in [6, 6.07) is 1.50. The fourth-order valence-corrected chi connectivity index (χ4v) is 5.93. The Hall–Kier alpha value is -2.07. The second-order valence-corrected chi connectivity index (χ2v) is 9.40. The topological polar surface area (TPSA) is 105 Å². The molecule has 10 heteroatoms. The van der Waals surface area contributed by atoms with Crippen molar-refractivity contribution in [3.05, 3.63) is 30.2 Å². The highest BCUT2D eigenvalue weighted by Crippen LogP contribution is 2.39. The van der Waals surface area contributed by atoms with E-state index in [0.29, 0.717) is 43.2 Å². The third kappa shape index (κ3) is 2.96. The third-order valence-corrected chi connectivity index (χ3v) is 7.05. The van der Waals surface area contributed by atoms with Crippen molar-refractivity contribution >= 4 is 15.8 Å². The lowest BCUT2D eigenvalue weighted by molar-refractivity contribution is 0.154. The van der Waals surface area contributed by atoms with Crippen LogP contribution < -0.4 is 4.90 Å². The fourth-order valence-electron chi connectivity index (χ4n) is 3.92. The van der Waals surface area contributed by atoms with Gasteiger partial charge in [-0.25, -0.2) is 18.4 Å². The van der Waals surface area contributed by atoms with Gasteiger partial charge in [0.25, 0.3) is 0 Å². The van der Waals surface area contributed by atoms with E-state index in [1.54, 1.807) is 18.5 Å². The molecule has 2 saturated heterocycles. The van der Waals surface area contributed by atoms with Gasteiger partial charge < -0.3 is 9.42 Å². The molecule has 2 aliphatic heterocycles. The van der Waals surface area contributed by atoms with Crippen LogP contribution in [0.5, 0.6) is 0 Å². The summed E-state index contributed by atoms with van der Waals surface area (Å²) >= 11 is 0. The van der Waals surface area contributed by atoms with Crippen molar-refractivity contribution < 1.29 is 12.9 Å². The highest BCUT2D eigenvalue weighted by molar-refractivity contribution is 7.91. The Labute approximate surface area is 151 Å². The molecule has 0 amide bonds. The number of hydrogen-bond acceptors (Lipinski definition) is 9. The number of rotatable bonds is 4. The molecule has 0 bridgehead atoms. The molecule has 138 valence electrons. The van der Waals surface area contributed by atoms with Gasteiger partial charge in [-0.05, 0) is 18.9 Å². The van der Waals surface area contributed by atoms with Gasteiger partial charge in [-0.15, -0.1) is 0 Å². The maximum Gasteiger partial charge on any atom is 0.229 e. The van der Waals surface area contributed by atoms with E-state index in [2.05, 4.69) is 25.0 Å². The first-order chi connectivity index (χ1) is 12.6. The number of aromatic nitrogens is 4. The van der Waals surface area contributed by atoms with Crippen LogP contribution in [0, 0.1) is 0 Å². The molecule has 0 radical (unpaired) electrons. The van der Waals surface area contributed by atoms with Crippen LogP contribution in [-0.4, -0.2) is 70.1 Å². The van der Waals surface area contributed by atoms with Gasteiger partial charge in [0.1, 0.15) is 0 Å². The first kappa shape index (κ1) is 16.1. The molecular weight excluding hydrogens is 356 g/mol. The van der Waals surface area contributed by atoms with Crippen molar-refractivity contribution in [2.45, 2.75) is 37.4 Å². The summed E-state index contributed by atoms with van der Waals surface area (Å²) in [4.78, 5) is 17.3. The van der Waals surface area contributed by atoms with Crippen LogP contribution in [0.1, 0.15) is 30.5 Å². The highest BCUT2D eigenvalue weighted by Gasteiger charge is 2.47. The van der Waals surface area contributed by atoms with Crippen molar-refractivity contribution in [2.75, 3.05) is 29.5 Å². The van der Waals surface area contributed by atoms with Gasteiger partial charge >= 0.3 is 0 Å². The number of anilines is 1. The Kier molecular flexibility index (Phi) is 3.71. The molecule has 1 aliphatic carbocycles. The Bertz CT molecular complexity index is 898. The molecule has 1 saturated carbocycles. The number of sulfone groups is 1. The standard InChI is InChI=1S/C16H20N6O3S/c23-26(24)9-12-13(10-26)22(16-17-4-1-5-18-16)7-6-21(12)8-14-19-15(25-20-14)11-2-3-11/h1,4-5,11-13H,2-3,6-10H2/t12-,13+/m0/s1. The maximum atomic E-state index is 12.3. The van der Waals surface area contributed by atoms with E-state index in [0.717, 1.165) is 12.8 Å². The summed E-state index contributed by atoms with van der Waals surface area (Å²) in [5, 5.41) is 4.08. The molecule has 0 N–H and O–H groups in total. The van der Waals surface area contributed by atoms with Gasteiger partial charge in [-0.1, -0.05) is 5.16 Å². The van der Waals surface area contributed by atoms with Gasteiger partial charge in [0, 0.05) is 37.4 Å². The van der Waals surface area contributed by atoms with E-state index in [1.165, 1.54) is 0 Å². The van der Waals surface area contributed by atoms with Crippen molar-refractivity contribution in [1.82, 2.24) is 25.0 Å². The molecule has 9 nitrogen and oxygen atoms in total. The molecule has 2 atom stereocenters. The predicted molar refractivity (Wildman–Crippen MR) is 92.3 cm³/mol. The summed E-state index contributed by atoms with van der Waals surface area (Å²) in [7, 11) is -3.10. The van der Waals surface area contributed by atoms with Crippen LogP contribution >= 0.6 is 0 Å². The maximum absolute atomic E-state index is 12.3. The van der Waals surface area contributed by atoms with E-state index in [9.17, 15) is 8.42 Å². The van der Waals surface area contributed by atoms with Gasteiger partial charge in [0.05, 0.1) is 24.1 Å². The first-order valence-electron chi connectivity index (χ1n) is 8.90. The quantitative estimate of drug-likeness (QED) is 0.741. The first-order valence-corrected chi connectivity index (χ1v) is 10.7. The minimum atomic E-state index is -3.10. The van der Waals surface area contributed by atoms with Crippen molar-refractivity contribution in [3.63, 3.8) is 0 Å². The summed E-state index contributed by atoms with van der Waals surface area (Å²) in [5.41, 5.74) is 0. The molecule has 26 heavy (non-hydrogen) atoms. The SMILES string of the molecule is O=S1(=O)C[C@@H]2[C@H](C1)N(Cc1noc(C3CC3)n1)CCN2c1ncccn1. The molecule has 3 aliphatic rings. The van der Waals surface area contributed by atoms with E-state index >= 15 is 0 Å². The summed E-state index contributed by atoms with van der Waals surface area (Å²) in [6.45, 7) is 1.90. The Morgan fingerprint density at radius 1 is 1.12 bits per heavy atom. The fraction of sp³-hybridized carbons (Fsp3) is 0.625. The Balaban J connectivity index is 1.38. The number of hydrogen-bond donors (Lipinski definition) is 0. The molecule has 3 fully saturated rings. The average Bonchev–Trinajstić information content (AvgIpc) is 3.28. The normalized spacial score (nSPS) is 28.2. The molecule has 0 aromatic carbocycles. The molecule has 4 heterocycles. The smallest absolute Gasteiger partial charge is 0.229 e. The zero-order chi connectivity index (χ0) is 17.7. The van der Waals surface area contributed by atoms with Crippen molar-refractivity contribution in [3.8, 4) is 0 Å². The minimum absolute atomic E-state index is 0.111. The van der Waals surface area contributed by atoms with Gasteiger partial charge in [0.15, 0.2) is 15.7 Å². The predicted octanol–water partition coefficient (Wildman–Crippen LogP) is 0.225. The number of nitrogens with zero attached hydrogens (tertiary/aromatic N) is 6. The second-order valence-electron chi connectivity index (χ2n) is 7.25. The van der Waals surface area contributed by atoms with Crippen LogP contribution in [0.15, 0.2) is 23.0 Å². The molecule has 0 unspecified atom stereocenters.